The predicted molar refractivity (Wildman–Crippen MR) is 108 cm³/mol. The lowest BCUT2D eigenvalue weighted by Crippen LogP contribution is -2.41. The molecule has 29 heavy (non-hydrogen) atoms. The summed E-state index contributed by atoms with van der Waals surface area (Å²) in [4.78, 5) is 25.6. The first-order valence-electron chi connectivity index (χ1n) is 9.22. The van der Waals surface area contributed by atoms with Gasteiger partial charge in [0.05, 0.1) is 5.56 Å². The fourth-order valence-electron chi connectivity index (χ4n) is 4.12. The summed E-state index contributed by atoms with van der Waals surface area (Å²) in [5.74, 6) is -0.0533. The number of halogens is 1. The number of aromatic nitrogens is 2. The van der Waals surface area contributed by atoms with Crippen LogP contribution in [-0.4, -0.2) is 9.13 Å². The van der Waals surface area contributed by atoms with Crippen molar-refractivity contribution in [2.45, 2.75) is 5.92 Å². The van der Waals surface area contributed by atoms with Crippen molar-refractivity contribution < 1.29 is 9.13 Å². The molecule has 1 atom stereocenters. The van der Waals surface area contributed by atoms with Crippen molar-refractivity contribution in [3.8, 4) is 11.6 Å². The van der Waals surface area contributed by atoms with Gasteiger partial charge in [0.25, 0.3) is 5.56 Å². The average Bonchev–Trinajstić information content (AvgIpc) is 2.75. The van der Waals surface area contributed by atoms with Crippen molar-refractivity contribution in [3.63, 3.8) is 0 Å². The summed E-state index contributed by atoms with van der Waals surface area (Å²) in [6.45, 7) is 0. The number of nitrogens with zero attached hydrogens (tertiary/aromatic N) is 2. The average molecular weight is 388 g/mol. The van der Waals surface area contributed by atoms with Crippen molar-refractivity contribution in [1.29, 1.82) is 0 Å². The first kappa shape index (κ1) is 17.4. The van der Waals surface area contributed by atoms with Gasteiger partial charge in [-0.1, -0.05) is 42.5 Å². The number of hydrogen-bond donors (Lipinski definition) is 0. The summed E-state index contributed by atoms with van der Waals surface area (Å²) in [5, 5.41) is 1.95. The molecule has 0 fully saturated rings. The van der Waals surface area contributed by atoms with Gasteiger partial charge in [-0.15, -0.1) is 0 Å². The Morgan fingerprint density at radius 2 is 1.59 bits per heavy atom. The molecule has 6 heteroatoms. The first-order valence-corrected chi connectivity index (χ1v) is 9.22. The molecule has 3 aromatic carbocycles. The lowest BCUT2D eigenvalue weighted by molar-refractivity contribution is 0.396. The number of hydrogen-bond acceptors (Lipinski definition) is 3. The van der Waals surface area contributed by atoms with E-state index in [1.165, 1.54) is 23.7 Å². The van der Waals surface area contributed by atoms with Gasteiger partial charge in [0, 0.05) is 25.6 Å². The smallest absolute Gasteiger partial charge is 0.333 e. The standard InChI is InChI=1S/C23H17FN2O3/c1-25-21(27)20-18(14-7-10-15(24)11-8-14)19-16-6-4-3-5-13(16)9-12-17(19)29-22(20)26(2)23(25)28/h3-12,18H,1-2H3. The van der Waals surface area contributed by atoms with Gasteiger partial charge >= 0.3 is 5.69 Å². The van der Waals surface area contributed by atoms with E-state index in [-0.39, 0.29) is 11.7 Å². The van der Waals surface area contributed by atoms with Crippen LogP contribution in [0.15, 0.2) is 70.3 Å². The maximum atomic E-state index is 13.6. The maximum absolute atomic E-state index is 13.6. The van der Waals surface area contributed by atoms with E-state index in [0.717, 1.165) is 26.5 Å². The molecule has 1 aliphatic heterocycles. The second kappa shape index (κ2) is 6.17. The molecule has 5 rings (SSSR count). The Morgan fingerprint density at radius 3 is 2.34 bits per heavy atom. The topological polar surface area (TPSA) is 53.2 Å². The highest BCUT2D eigenvalue weighted by atomic mass is 19.1. The van der Waals surface area contributed by atoms with E-state index in [1.54, 1.807) is 19.2 Å². The summed E-state index contributed by atoms with van der Waals surface area (Å²) in [7, 11) is 3.03. The molecule has 1 aromatic heterocycles. The van der Waals surface area contributed by atoms with E-state index < -0.39 is 17.2 Å². The maximum Gasteiger partial charge on any atom is 0.333 e. The Hall–Kier alpha value is -3.67. The second-order valence-electron chi connectivity index (χ2n) is 7.21. The number of benzene rings is 3. The molecular weight excluding hydrogens is 371 g/mol. The van der Waals surface area contributed by atoms with Gasteiger partial charge < -0.3 is 4.74 Å². The van der Waals surface area contributed by atoms with E-state index in [1.807, 2.05) is 36.4 Å². The van der Waals surface area contributed by atoms with Crippen LogP contribution in [0, 0.1) is 5.82 Å². The van der Waals surface area contributed by atoms with Crippen LogP contribution in [0.4, 0.5) is 4.39 Å². The molecule has 5 nitrogen and oxygen atoms in total. The highest BCUT2D eigenvalue weighted by molar-refractivity contribution is 5.90. The van der Waals surface area contributed by atoms with Crippen molar-refractivity contribution in [2.24, 2.45) is 14.1 Å². The van der Waals surface area contributed by atoms with Gasteiger partial charge in [0.2, 0.25) is 5.88 Å². The fraction of sp³-hybridized carbons (Fsp3) is 0.130. The molecule has 0 spiro atoms. The Balaban J connectivity index is 1.94. The number of ether oxygens (including phenoxy) is 1. The molecule has 1 unspecified atom stereocenters. The van der Waals surface area contributed by atoms with Crippen LogP contribution < -0.4 is 16.0 Å². The molecule has 2 heterocycles. The van der Waals surface area contributed by atoms with Crippen molar-refractivity contribution in [2.75, 3.05) is 0 Å². The first-order chi connectivity index (χ1) is 14.0. The lowest BCUT2D eigenvalue weighted by atomic mass is 9.81. The normalized spacial score (nSPS) is 14.9. The van der Waals surface area contributed by atoms with Crippen molar-refractivity contribution in [3.05, 3.63) is 104 Å². The SMILES string of the molecule is Cn1c2c(c(=O)n(C)c1=O)C(c1ccc(F)cc1)c1c(ccc3ccccc13)O2. The minimum Gasteiger partial charge on any atom is -0.440 e. The van der Waals surface area contributed by atoms with Gasteiger partial charge in [-0.2, -0.15) is 0 Å². The molecule has 0 aliphatic carbocycles. The number of fused-ring (bicyclic) bond motifs is 4. The third-order valence-corrected chi connectivity index (χ3v) is 5.56. The van der Waals surface area contributed by atoms with Crippen LogP contribution in [0.3, 0.4) is 0 Å². The minimum absolute atomic E-state index is 0.218. The largest absolute Gasteiger partial charge is 0.440 e. The van der Waals surface area contributed by atoms with Gasteiger partial charge in [0.15, 0.2) is 0 Å². The Labute approximate surface area is 165 Å². The fourth-order valence-corrected chi connectivity index (χ4v) is 4.12. The van der Waals surface area contributed by atoms with E-state index in [0.29, 0.717) is 11.3 Å². The van der Waals surface area contributed by atoms with Gasteiger partial charge in [-0.05, 0) is 34.5 Å². The summed E-state index contributed by atoms with van der Waals surface area (Å²) in [6.07, 6.45) is 0. The molecule has 0 radical (unpaired) electrons. The van der Waals surface area contributed by atoms with E-state index in [4.69, 9.17) is 4.74 Å². The van der Waals surface area contributed by atoms with Crippen LogP contribution in [0.5, 0.6) is 11.6 Å². The zero-order chi connectivity index (χ0) is 20.3. The van der Waals surface area contributed by atoms with Gasteiger partial charge in [0.1, 0.15) is 11.6 Å². The van der Waals surface area contributed by atoms with Gasteiger partial charge in [-0.25, -0.2) is 9.18 Å². The van der Waals surface area contributed by atoms with E-state index in [9.17, 15) is 14.0 Å². The van der Waals surface area contributed by atoms with Crippen LogP contribution >= 0.6 is 0 Å². The Kier molecular flexibility index (Phi) is 3.71. The summed E-state index contributed by atoms with van der Waals surface area (Å²) in [6, 6.07) is 17.7. The predicted octanol–water partition coefficient (Wildman–Crippen LogP) is 3.66. The molecule has 0 saturated carbocycles. The third-order valence-electron chi connectivity index (χ3n) is 5.56. The molecular formula is C23H17FN2O3. The number of rotatable bonds is 1. The lowest BCUT2D eigenvalue weighted by Gasteiger charge is -2.30. The Bertz CT molecular complexity index is 1400. The van der Waals surface area contributed by atoms with Crippen LogP contribution in [0.2, 0.25) is 0 Å². The van der Waals surface area contributed by atoms with Crippen LogP contribution in [0.25, 0.3) is 10.8 Å². The molecule has 4 aromatic rings. The van der Waals surface area contributed by atoms with Crippen molar-refractivity contribution >= 4 is 10.8 Å². The molecule has 1 aliphatic rings. The molecule has 144 valence electrons. The zero-order valence-corrected chi connectivity index (χ0v) is 15.8. The highest BCUT2D eigenvalue weighted by Gasteiger charge is 2.35. The van der Waals surface area contributed by atoms with Crippen molar-refractivity contribution in [1.82, 2.24) is 9.13 Å². The van der Waals surface area contributed by atoms with Gasteiger partial charge in [-0.3, -0.25) is 13.9 Å². The van der Waals surface area contributed by atoms with Crippen LogP contribution in [0.1, 0.15) is 22.6 Å². The van der Waals surface area contributed by atoms with E-state index >= 15 is 0 Å². The second-order valence-corrected chi connectivity index (χ2v) is 7.21. The van der Waals surface area contributed by atoms with E-state index in [2.05, 4.69) is 0 Å². The monoisotopic (exact) mass is 388 g/mol. The third kappa shape index (κ3) is 2.45. The molecule has 0 amide bonds. The summed E-state index contributed by atoms with van der Waals surface area (Å²) in [5.41, 5.74) is 1.07. The molecule has 0 saturated heterocycles. The highest BCUT2D eigenvalue weighted by Crippen LogP contribution is 2.48. The zero-order valence-electron chi connectivity index (χ0n) is 15.8. The minimum atomic E-state index is -0.494. The summed E-state index contributed by atoms with van der Waals surface area (Å²) >= 11 is 0. The Morgan fingerprint density at radius 1 is 0.862 bits per heavy atom. The molecule has 0 N–H and O–H groups in total. The summed E-state index contributed by atoms with van der Waals surface area (Å²) < 4.78 is 22.1. The van der Waals surface area contributed by atoms with Crippen LogP contribution in [-0.2, 0) is 14.1 Å². The molecule has 0 bridgehead atoms. The quantitative estimate of drug-likeness (QED) is 0.440.